The van der Waals surface area contributed by atoms with E-state index >= 15 is 0 Å². The van der Waals surface area contributed by atoms with Crippen LogP contribution >= 0.6 is 11.3 Å². The number of anilines is 1. The quantitative estimate of drug-likeness (QED) is 0.314. The Labute approximate surface area is 190 Å². The molecule has 5 rings (SSSR count). The van der Waals surface area contributed by atoms with E-state index in [1.165, 1.54) is 23.5 Å². The van der Waals surface area contributed by atoms with Gasteiger partial charge >= 0.3 is 6.18 Å². The summed E-state index contributed by atoms with van der Waals surface area (Å²) >= 11 is 1.30. The topological polar surface area (TPSA) is 70.7 Å². The Hall–Kier alpha value is -3.98. The maximum atomic E-state index is 13.1. The Kier molecular flexibility index (Phi) is 5.18. The number of aromatic nitrogens is 3. The number of H-pyrrole nitrogens is 1. The molecule has 33 heavy (non-hydrogen) atoms. The normalized spacial score (nSPS) is 11.6. The first-order valence-corrected chi connectivity index (χ1v) is 10.7. The van der Waals surface area contributed by atoms with E-state index in [9.17, 15) is 18.0 Å². The van der Waals surface area contributed by atoms with Gasteiger partial charge in [0.25, 0.3) is 5.91 Å². The fraction of sp³-hybridized carbons (Fsp3) is 0.0417. The van der Waals surface area contributed by atoms with Crippen LogP contribution in [0.4, 0.5) is 18.3 Å². The number of fused-ring (bicyclic) bond motifs is 1. The summed E-state index contributed by atoms with van der Waals surface area (Å²) in [6.07, 6.45) is -4.46. The van der Waals surface area contributed by atoms with Gasteiger partial charge in [0.15, 0.2) is 5.13 Å². The number of hydrogen-bond donors (Lipinski definition) is 2. The minimum absolute atomic E-state index is 0.247. The lowest BCUT2D eigenvalue weighted by Crippen LogP contribution is -2.12. The van der Waals surface area contributed by atoms with Crippen LogP contribution in [0, 0.1) is 0 Å². The molecule has 0 saturated heterocycles. The van der Waals surface area contributed by atoms with E-state index in [1.807, 2.05) is 35.7 Å². The molecule has 0 aliphatic carbocycles. The number of hydrogen-bond acceptors (Lipinski definition) is 4. The number of benzene rings is 3. The van der Waals surface area contributed by atoms with Crippen LogP contribution in [0.1, 0.15) is 15.9 Å². The van der Waals surface area contributed by atoms with Gasteiger partial charge in [-0.15, -0.1) is 11.3 Å². The fourth-order valence-corrected chi connectivity index (χ4v) is 4.15. The van der Waals surface area contributed by atoms with Gasteiger partial charge in [0.2, 0.25) is 0 Å². The highest BCUT2D eigenvalue weighted by atomic mass is 32.1. The van der Waals surface area contributed by atoms with Crippen molar-refractivity contribution in [2.24, 2.45) is 0 Å². The van der Waals surface area contributed by atoms with Crippen molar-refractivity contribution in [3.05, 3.63) is 89.3 Å². The third-order valence-corrected chi connectivity index (χ3v) is 5.77. The summed E-state index contributed by atoms with van der Waals surface area (Å²) < 4.78 is 39.3. The van der Waals surface area contributed by atoms with Gasteiger partial charge < -0.3 is 4.98 Å². The molecular weight excluding hydrogens is 449 g/mol. The van der Waals surface area contributed by atoms with Crippen LogP contribution in [0.15, 0.2) is 78.2 Å². The molecule has 3 aromatic carbocycles. The van der Waals surface area contributed by atoms with Gasteiger partial charge in [0.05, 0.1) is 22.3 Å². The molecule has 0 atom stereocenters. The molecule has 0 spiro atoms. The number of carbonyl (C=O) groups excluding carboxylic acids is 1. The lowest BCUT2D eigenvalue weighted by atomic mass is 10.1. The first-order chi connectivity index (χ1) is 15.9. The van der Waals surface area contributed by atoms with Crippen molar-refractivity contribution in [2.45, 2.75) is 6.18 Å². The average Bonchev–Trinajstić information content (AvgIpc) is 3.46. The van der Waals surface area contributed by atoms with Gasteiger partial charge in [-0.05, 0) is 24.3 Å². The molecule has 2 N–H and O–H groups in total. The van der Waals surface area contributed by atoms with E-state index < -0.39 is 17.6 Å². The van der Waals surface area contributed by atoms with E-state index in [2.05, 4.69) is 20.3 Å². The van der Waals surface area contributed by atoms with Gasteiger partial charge in [0.1, 0.15) is 11.3 Å². The standard InChI is InChI=1S/C24H15F3N4OS/c25-24(26,27)16-9-4-8-15(12-16)21-28-18-11-5-10-17(20(18)30-21)22(32)31-23-29-19(13-33-23)14-6-2-1-3-7-14/h1-13H,(H,28,30)(H,29,31,32). The van der Waals surface area contributed by atoms with Crippen LogP contribution in [-0.2, 0) is 6.18 Å². The maximum absolute atomic E-state index is 13.1. The van der Waals surface area contributed by atoms with E-state index in [0.29, 0.717) is 21.7 Å². The van der Waals surface area contributed by atoms with Crippen LogP contribution in [0.25, 0.3) is 33.7 Å². The molecule has 164 valence electrons. The molecule has 0 unspecified atom stereocenters. The number of carbonyl (C=O) groups is 1. The zero-order chi connectivity index (χ0) is 23.0. The summed E-state index contributed by atoms with van der Waals surface area (Å²) in [5, 5.41) is 5.07. The summed E-state index contributed by atoms with van der Waals surface area (Å²) in [6, 6.07) is 19.5. The summed E-state index contributed by atoms with van der Waals surface area (Å²) in [7, 11) is 0. The third-order valence-electron chi connectivity index (χ3n) is 5.01. The number of para-hydroxylation sites is 1. The van der Waals surface area contributed by atoms with Crippen molar-refractivity contribution in [1.29, 1.82) is 0 Å². The number of aromatic amines is 1. The molecule has 0 fully saturated rings. The number of nitrogens with one attached hydrogen (secondary N) is 2. The van der Waals surface area contributed by atoms with Crippen molar-refractivity contribution in [3.63, 3.8) is 0 Å². The lowest BCUT2D eigenvalue weighted by molar-refractivity contribution is -0.137. The number of nitrogens with zero attached hydrogens (tertiary/aromatic N) is 2. The summed E-state index contributed by atoms with van der Waals surface area (Å²) in [5.41, 5.74) is 2.39. The summed E-state index contributed by atoms with van der Waals surface area (Å²) in [5.74, 6) is -0.159. The van der Waals surface area contributed by atoms with E-state index in [0.717, 1.165) is 23.4 Å². The highest BCUT2D eigenvalue weighted by Crippen LogP contribution is 2.32. The Balaban J connectivity index is 1.44. The predicted molar refractivity (Wildman–Crippen MR) is 122 cm³/mol. The monoisotopic (exact) mass is 464 g/mol. The molecule has 2 heterocycles. The molecule has 0 aliphatic heterocycles. The van der Waals surface area contributed by atoms with Crippen molar-refractivity contribution in [3.8, 4) is 22.6 Å². The SMILES string of the molecule is O=C(Nc1nc(-c2ccccc2)cs1)c1cccc2[nH]c(-c3cccc(C(F)(F)F)c3)nc12. The largest absolute Gasteiger partial charge is 0.416 e. The Morgan fingerprint density at radius 1 is 0.909 bits per heavy atom. The third kappa shape index (κ3) is 4.22. The molecule has 9 heteroatoms. The van der Waals surface area contributed by atoms with Gasteiger partial charge in [-0.25, -0.2) is 9.97 Å². The van der Waals surface area contributed by atoms with Crippen molar-refractivity contribution in [2.75, 3.05) is 5.32 Å². The Morgan fingerprint density at radius 2 is 1.67 bits per heavy atom. The molecule has 0 radical (unpaired) electrons. The van der Waals surface area contributed by atoms with Crippen LogP contribution in [0.3, 0.4) is 0 Å². The number of halogens is 3. The van der Waals surface area contributed by atoms with E-state index in [-0.39, 0.29) is 11.4 Å². The molecule has 5 nitrogen and oxygen atoms in total. The second-order valence-electron chi connectivity index (χ2n) is 7.22. The van der Waals surface area contributed by atoms with Gasteiger partial charge in [-0.1, -0.05) is 48.5 Å². The maximum Gasteiger partial charge on any atom is 0.416 e. The van der Waals surface area contributed by atoms with E-state index in [4.69, 9.17) is 0 Å². The zero-order valence-corrected chi connectivity index (χ0v) is 17.7. The van der Waals surface area contributed by atoms with Crippen molar-refractivity contribution in [1.82, 2.24) is 15.0 Å². The molecule has 2 aromatic heterocycles. The average molecular weight is 464 g/mol. The Bertz CT molecular complexity index is 1460. The zero-order valence-electron chi connectivity index (χ0n) is 16.9. The molecule has 0 saturated carbocycles. The van der Waals surface area contributed by atoms with Gasteiger partial charge in [0, 0.05) is 16.5 Å². The smallest absolute Gasteiger partial charge is 0.338 e. The van der Waals surface area contributed by atoms with Gasteiger partial charge in [-0.2, -0.15) is 13.2 Å². The molecule has 0 bridgehead atoms. The minimum Gasteiger partial charge on any atom is -0.338 e. The molecule has 5 aromatic rings. The minimum atomic E-state index is -4.46. The number of imidazole rings is 1. The highest BCUT2D eigenvalue weighted by Gasteiger charge is 2.30. The molecule has 0 aliphatic rings. The van der Waals surface area contributed by atoms with Crippen molar-refractivity contribution >= 4 is 33.4 Å². The van der Waals surface area contributed by atoms with E-state index in [1.54, 1.807) is 18.2 Å². The van der Waals surface area contributed by atoms with Crippen LogP contribution in [0.5, 0.6) is 0 Å². The van der Waals surface area contributed by atoms with Crippen molar-refractivity contribution < 1.29 is 18.0 Å². The number of rotatable bonds is 4. The summed E-state index contributed by atoms with van der Waals surface area (Å²) in [4.78, 5) is 24.8. The second kappa shape index (κ2) is 8.18. The highest BCUT2D eigenvalue weighted by molar-refractivity contribution is 7.14. The summed E-state index contributed by atoms with van der Waals surface area (Å²) in [6.45, 7) is 0. The fourth-order valence-electron chi connectivity index (χ4n) is 3.43. The number of thiazole rings is 1. The van der Waals surface area contributed by atoms with Crippen LogP contribution in [-0.4, -0.2) is 20.9 Å². The molecular formula is C24H15F3N4OS. The number of amides is 1. The second-order valence-corrected chi connectivity index (χ2v) is 8.08. The number of alkyl halides is 3. The first-order valence-electron chi connectivity index (χ1n) is 9.87. The van der Waals surface area contributed by atoms with Crippen LogP contribution in [0.2, 0.25) is 0 Å². The lowest BCUT2D eigenvalue weighted by Gasteiger charge is -2.07. The Morgan fingerprint density at radius 3 is 2.45 bits per heavy atom. The predicted octanol–water partition coefficient (Wildman–Crippen LogP) is 6.62. The first kappa shape index (κ1) is 20.9. The van der Waals surface area contributed by atoms with Crippen LogP contribution < -0.4 is 5.32 Å². The van der Waals surface area contributed by atoms with Gasteiger partial charge in [-0.3, -0.25) is 10.1 Å². The molecule has 1 amide bonds.